The van der Waals surface area contributed by atoms with Crippen molar-refractivity contribution in [1.29, 1.82) is 0 Å². The van der Waals surface area contributed by atoms with Crippen LogP contribution < -0.4 is 9.62 Å². The molecule has 2 aliphatic carbocycles. The molecular weight excluding hydrogens is 462 g/mol. The van der Waals surface area contributed by atoms with Crippen LogP contribution in [0.4, 0.5) is 11.4 Å². The van der Waals surface area contributed by atoms with Crippen molar-refractivity contribution in [3.8, 4) is 0 Å². The van der Waals surface area contributed by atoms with Crippen molar-refractivity contribution in [2.75, 3.05) is 29.5 Å². The molecule has 1 heterocycles. The van der Waals surface area contributed by atoms with E-state index in [1.807, 2.05) is 35.4 Å². The largest absolute Gasteiger partial charge is 0.330 e. The van der Waals surface area contributed by atoms with E-state index in [1.165, 1.54) is 24.8 Å². The molecule has 1 N–H and O–H groups in total. The Labute approximate surface area is 208 Å². The van der Waals surface area contributed by atoms with Crippen LogP contribution >= 0.6 is 11.9 Å². The Balaban J connectivity index is 1.51. The Hall–Kier alpha value is -1.99. The van der Waals surface area contributed by atoms with Gasteiger partial charge >= 0.3 is 0 Å². The van der Waals surface area contributed by atoms with E-state index < -0.39 is 9.73 Å². The Bertz CT molecular complexity index is 1190. The van der Waals surface area contributed by atoms with E-state index in [0.717, 1.165) is 56.4 Å². The molecule has 0 aromatic heterocycles. The molecule has 2 aromatic carbocycles. The highest BCUT2D eigenvalue weighted by Gasteiger charge is 2.45. The van der Waals surface area contributed by atoms with Crippen molar-refractivity contribution in [2.24, 2.45) is 4.36 Å². The SMILES string of the molecule is CN=S(=O)(c1cccc(C(=O)N2CC3(CCCCC3)c3cc(NSC)ccc32)c1)C1CCCC1. The predicted molar refractivity (Wildman–Crippen MR) is 143 cm³/mol. The third-order valence-corrected chi connectivity index (χ3v) is 11.3. The topological polar surface area (TPSA) is 61.8 Å². The van der Waals surface area contributed by atoms with Crippen molar-refractivity contribution in [1.82, 2.24) is 0 Å². The molecule has 0 radical (unpaired) electrons. The molecule has 1 spiro atoms. The summed E-state index contributed by atoms with van der Waals surface area (Å²) in [5.41, 5.74) is 4.06. The van der Waals surface area contributed by atoms with Gasteiger partial charge in [-0.1, -0.05) is 50.1 Å². The first-order valence-corrected chi connectivity index (χ1v) is 15.3. The standard InChI is InChI=1S/C27H35N3O2S2/c1-28-34(32,22-10-4-5-11-22)23-12-8-9-20(17-23)26(31)30-19-27(15-6-3-7-16-27)24-18-21(29-33-2)13-14-25(24)30/h8-9,12-14,17-18,22,29H,3-7,10-11,15-16,19H2,1-2H3. The second-order valence-electron chi connectivity index (χ2n) is 9.96. The van der Waals surface area contributed by atoms with Gasteiger partial charge in [-0.3, -0.25) is 4.79 Å². The van der Waals surface area contributed by atoms with Gasteiger partial charge in [-0.15, -0.1) is 0 Å². The Morgan fingerprint density at radius 3 is 2.56 bits per heavy atom. The first-order chi connectivity index (χ1) is 16.5. The number of fused-ring (bicyclic) bond motifs is 2. The summed E-state index contributed by atoms with van der Waals surface area (Å²) in [4.78, 5) is 16.6. The molecule has 34 heavy (non-hydrogen) atoms. The predicted octanol–water partition coefficient (Wildman–Crippen LogP) is 6.64. The van der Waals surface area contributed by atoms with Crippen molar-refractivity contribution >= 4 is 39.0 Å². The lowest BCUT2D eigenvalue weighted by atomic mass is 9.70. The highest BCUT2D eigenvalue weighted by molar-refractivity contribution is 7.99. The Kier molecular flexibility index (Phi) is 6.68. The monoisotopic (exact) mass is 497 g/mol. The molecule has 1 amide bonds. The minimum atomic E-state index is -2.52. The molecular formula is C27H35N3O2S2. The molecule has 1 aliphatic heterocycles. The normalized spacial score (nSPS) is 21.3. The molecule has 1 atom stereocenters. The molecule has 5 nitrogen and oxygen atoms in total. The second-order valence-corrected chi connectivity index (χ2v) is 13.2. The molecule has 5 rings (SSSR count). The highest BCUT2D eigenvalue weighted by atomic mass is 32.2. The van der Waals surface area contributed by atoms with E-state index in [9.17, 15) is 9.00 Å². The van der Waals surface area contributed by atoms with Crippen LogP contribution in [0.3, 0.4) is 0 Å². The summed E-state index contributed by atoms with van der Waals surface area (Å²) in [6.45, 7) is 0.726. The maximum atomic E-state index is 13.9. The minimum Gasteiger partial charge on any atom is -0.330 e. The van der Waals surface area contributed by atoms with Gasteiger partial charge < -0.3 is 9.62 Å². The lowest BCUT2D eigenvalue weighted by molar-refractivity contribution is 0.0982. The van der Waals surface area contributed by atoms with E-state index in [4.69, 9.17) is 0 Å². The zero-order valence-electron chi connectivity index (χ0n) is 20.2. The summed E-state index contributed by atoms with van der Waals surface area (Å²) < 4.78 is 21.7. The molecule has 2 fully saturated rings. The number of hydrogen-bond donors (Lipinski definition) is 1. The first kappa shape index (κ1) is 23.7. The molecule has 0 saturated heterocycles. The molecule has 0 bridgehead atoms. The summed E-state index contributed by atoms with van der Waals surface area (Å²) in [5, 5.41) is 0.0863. The smallest absolute Gasteiger partial charge is 0.258 e. The fourth-order valence-corrected chi connectivity index (χ4v) is 9.11. The average Bonchev–Trinajstić information content (AvgIpc) is 3.52. The van der Waals surface area contributed by atoms with Gasteiger partial charge in [0.25, 0.3) is 5.91 Å². The van der Waals surface area contributed by atoms with Gasteiger partial charge in [0.15, 0.2) is 0 Å². The lowest BCUT2D eigenvalue weighted by Gasteiger charge is -2.34. The third-order valence-electron chi connectivity index (χ3n) is 8.04. The number of carbonyl (C=O) groups excluding carboxylic acids is 1. The summed E-state index contributed by atoms with van der Waals surface area (Å²) in [6.07, 6.45) is 12.1. The van der Waals surface area contributed by atoms with Crippen LogP contribution in [0.2, 0.25) is 0 Å². The quantitative estimate of drug-likeness (QED) is 0.471. The number of amides is 1. The van der Waals surface area contributed by atoms with E-state index in [2.05, 4.69) is 27.3 Å². The fraction of sp³-hybridized carbons (Fsp3) is 0.519. The van der Waals surface area contributed by atoms with Gasteiger partial charge in [0, 0.05) is 52.3 Å². The van der Waals surface area contributed by atoms with Crippen molar-refractivity contribution in [3.05, 3.63) is 53.6 Å². The zero-order valence-corrected chi connectivity index (χ0v) is 21.9. The van der Waals surface area contributed by atoms with E-state index in [0.29, 0.717) is 10.5 Å². The highest BCUT2D eigenvalue weighted by Crippen LogP contribution is 2.50. The second kappa shape index (κ2) is 9.57. The zero-order chi connectivity index (χ0) is 23.8. The summed E-state index contributed by atoms with van der Waals surface area (Å²) >= 11 is 1.59. The van der Waals surface area contributed by atoms with Gasteiger partial charge in [-0.25, -0.2) is 8.57 Å². The first-order valence-electron chi connectivity index (χ1n) is 12.5. The Morgan fingerprint density at radius 1 is 1.09 bits per heavy atom. The number of carbonyl (C=O) groups is 1. The number of nitrogens with one attached hydrogen (secondary N) is 1. The molecule has 2 aromatic rings. The maximum Gasteiger partial charge on any atom is 0.258 e. The van der Waals surface area contributed by atoms with Crippen molar-refractivity contribution < 1.29 is 9.00 Å². The van der Waals surface area contributed by atoms with Gasteiger partial charge in [-0.2, -0.15) is 0 Å². The summed E-state index contributed by atoms with van der Waals surface area (Å²) in [7, 11) is -0.854. The maximum absolute atomic E-state index is 13.9. The van der Waals surface area contributed by atoms with Crippen LogP contribution in [0.1, 0.15) is 73.7 Å². The molecule has 3 aliphatic rings. The van der Waals surface area contributed by atoms with Crippen LogP contribution in [-0.4, -0.2) is 35.2 Å². The van der Waals surface area contributed by atoms with Gasteiger partial charge in [0.05, 0.1) is 9.73 Å². The molecule has 2 saturated carbocycles. The van der Waals surface area contributed by atoms with Gasteiger partial charge in [0.2, 0.25) is 0 Å². The minimum absolute atomic E-state index is 0.000370. The number of anilines is 2. The average molecular weight is 498 g/mol. The summed E-state index contributed by atoms with van der Waals surface area (Å²) in [6, 6.07) is 13.9. The van der Waals surface area contributed by atoms with Crippen LogP contribution in [0.5, 0.6) is 0 Å². The van der Waals surface area contributed by atoms with E-state index >= 15 is 0 Å². The van der Waals surface area contributed by atoms with Crippen molar-refractivity contribution in [2.45, 2.75) is 73.3 Å². The fourth-order valence-electron chi connectivity index (χ4n) is 6.31. The molecule has 182 valence electrons. The summed E-state index contributed by atoms with van der Waals surface area (Å²) in [5.74, 6) is 0.000370. The van der Waals surface area contributed by atoms with Crippen molar-refractivity contribution in [3.63, 3.8) is 0 Å². The van der Waals surface area contributed by atoms with Gasteiger partial charge in [-0.05, 0) is 67.6 Å². The van der Waals surface area contributed by atoms with Crippen LogP contribution in [-0.2, 0) is 15.1 Å². The van der Waals surface area contributed by atoms with Crippen LogP contribution in [0.25, 0.3) is 0 Å². The Morgan fingerprint density at radius 2 is 1.85 bits per heavy atom. The number of hydrogen-bond acceptors (Lipinski definition) is 5. The molecule has 7 heteroatoms. The third kappa shape index (κ3) is 4.05. The van der Waals surface area contributed by atoms with E-state index in [1.54, 1.807) is 19.0 Å². The number of benzene rings is 2. The number of nitrogens with zero attached hydrogens (tertiary/aromatic N) is 2. The van der Waals surface area contributed by atoms with E-state index in [-0.39, 0.29) is 16.6 Å². The van der Waals surface area contributed by atoms with Crippen LogP contribution in [0, 0.1) is 0 Å². The number of rotatable bonds is 5. The lowest BCUT2D eigenvalue weighted by Crippen LogP contribution is -2.38. The van der Waals surface area contributed by atoms with Gasteiger partial charge in [0.1, 0.15) is 0 Å². The van der Waals surface area contributed by atoms with Crippen LogP contribution in [0.15, 0.2) is 51.7 Å². The molecule has 1 unspecified atom stereocenters.